The van der Waals surface area contributed by atoms with Gasteiger partial charge in [0.05, 0.1) is 6.04 Å². The summed E-state index contributed by atoms with van der Waals surface area (Å²) in [5, 5.41) is 0.790. The van der Waals surface area contributed by atoms with Gasteiger partial charge in [-0.25, -0.2) is 0 Å². The standard InChI is InChI=1S/C24H25ClN2/c25-23-13-11-22(12-14-23)24(21-9-5-2-6-10-21)27-17-15-26(16-18-27)19-20-7-3-1-4-8-20/h1-14,24H,15-19H2/t24-/m0/s1. The zero-order valence-corrected chi connectivity index (χ0v) is 16.2. The summed E-state index contributed by atoms with van der Waals surface area (Å²) in [6.45, 7) is 5.34. The van der Waals surface area contributed by atoms with E-state index in [-0.39, 0.29) is 6.04 Å². The number of halogens is 1. The summed E-state index contributed by atoms with van der Waals surface area (Å²) in [6, 6.07) is 30.2. The third kappa shape index (κ3) is 4.59. The molecule has 0 spiro atoms. The first-order chi connectivity index (χ1) is 13.3. The lowest BCUT2D eigenvalue weighted by molar-refractivity contribution is 0.105. The highest BCUT2D eigenvalue weighted by molar-refractivity contribution is 6.30. The molecule has 3 heteroatoms. The highest BCUT2D eigenvalue weighted by Gasteiger charge is 2.26. The molecular formula is C24H25ClN2. The number of piperazine rings is 1. The summed E-state index contributed by atoms with van der Waals surface area (Å²) >= 11 is 6.12. The van der Waals surface area contributed by atoms with Gasteiger partial charge < -0.3 is 0 Å². The van der Waals surface area contributed by atoms with E-state index in [9.17, 15) is 0 Å². The fraction of sp³-hybridized carbons (Fsp3) is 0.250. The van der Waals surface area contributed by atoms with Crippen molar-refractivity contribution in [3.8, 4) is 0 Å². The Balaban J connectivity index is 1.49. The molecule has 27 heavy (non-hydrogen) atoms. The fourth-order valence-corrected chi connectivity index (χ4v) is 4.04. The Morgan fingerprint density at radius 3 is 1.85 bits per heavy atom. The normalized spacial score (nSPS) is 16.9. The number of hydrogen-bond donors (Lipinski definition) is 0. The van der Waals surface area contributed by atoms with Gasteiger partial charge in [-0.2, -0.15) is 0 Å². The molecule has 1 aliphatic heterocycles. The van der Waals surface area contributed by atoms with Crippen molar-refractivity contribution in [1.82, 2.24) is 9.80 Å². The molecule has 0 bridgehead atoms. The van der Waals surface area contributed by atoms with Gasteiger partial charge in [-0.15, -0.1) is 0 Å². The summed E-state index contributed by atoms with van der Waals surface area (Å²) in [7, 11) is 0. The first-order valence-corrected chi connectivity index (χ1v) is 9.98. The maximum absolute atomic E-state index is 6.12. The minimum atomic E-state index is 0.280. The first kappa shape index (κ1) is 18.2. The van der Waals surface area contributed by atoms with E-state index in [1.54, 1.807) is 0 Å². The largest absolute Gasteiger partial charge is 0.297 e. The molecule has 0 amide bonds. The van der Waals surface area contributed by atoms with E-state index in [0.29, 0.717) is 0 Å². The summed E-state index contributed by atoms with van der Waals surface area (Å²) < 4.78 is 0. The number of benzene rings is 3. The van der Waals surface area contributed by atoms with E-state index in [1.807, 2.05) is 12.1 Å². The van der Waals surface area contributed by atoms with E-state index in [0.717, 1.165) is 37.7 Å². The molecule has 138 valence electrons. The van der Waals surface area contributed by atoms with Gasteiger partial charge in [0.2, 0.25) is 0 Å². The molecule has 1 aliphatic rings. The van der Waals surface area contributed by atoms with Gasteiger partial charge in [-0.3, -0.25) is 9.80 Å². The maximum Gasteiger partial charge on any atom is 0.0602 e. The van der Waals surface area contributed by atoms with E-state index in [4.69, 9.17) is 11.6 Å². The molecule has 0 saturated carbocycles. The lowest BCUT2D eigenvalue weighted by atomic mass is 9.96. The molecule has 1 saturated heterocycles. The lowest BCUT2D eigenvalue weighted by Crippen LogP contribution is -2.47. The van der Waals surface area contributed by atoms with Crippen LogP contribution in [-0.4, -0.2) is 36.0 Å². The first-order valence-electron chi connectivity index (χ1n) is 9.60. The monoisotopic (exact) mass is 376 g/mol. The van der Waals surface area contributed by atoms with Crippen LogP contribution in [0.4, 0.5) is 0 Å². The van der Waals surface area contributed by atoms with Crippen LogP contribution < -0.4 is 0 Å². The molecule has 3 aromatic rings. The summed E-state index contributed by atoms with van der Waals surface area (Å²) in [5.41, 5.74) is 4.04. The average molecular weight is 377 g/mol. The second-order valence-corrected chi connectivity index (χ2v) is 7.60. The predicted molar refractivity (Wildman–Crippen MR) is 113 cm³/mol. The summed E-state index contributed by atoms with van der Waals surface area (Å²) in [5.74, 6) is 0. The van der Waals surface area contributed by atoms with E-state index in [2.05, 4.69) is 82.6 Å². The molecule has 1 fully saturated rings. The zero-order chi connectivity index (χ0) is 18.5. The quantitative estimate of drug-likeness (QED) is 0.600. The molecule has 0 N–H and O–H groups in total. The summed E-state index contributed by atoms with van der Waals surface area (Å²) in [6.07, 6.45) is 0. The SMILES string of the molecule is Clc1ccc([C@H](c2ccccc2)N2CCN(Cc3ccccc3)CC2)cc1. The maximum atomic E-state index is 6.12. The van der Waals surface area contributed by atoms with Gasteiger partial charge in [-0.05, 0) is 28.8 Å². The van der Waals surface area contributed by atoms with Crippen molar-refractivity contribution in [2.24, 2.45) is 0 Å². The van der Waals surface area contributed by atoms with Crippen LogP contribution in [0.3, 0.4) is 0 Å². The minimum Gasteiger partial charge on any atom is -0.297 e. The molecular weight excluding hydrogens is 352 g/mol. The number of hydrogen-bond acceptors (Lipinski definition) is 2. The van der Waals surface area contributed by atoms with Crippen molar-refractivity contribution >= 4 is 11.6 Å². The van der Waals surface area contributed by atoms with E-state index < -0.39 is 0 Å². The van der Waals surface area contributed by atoms with E-state index >= 15 is 0 Å². The second kappa shape index (κ2) is 8.71. The van der Waals surface area contributed by atoms with Gasteiger partial charge in [0.25, 0.3) is 0 Å². The predicted octanol–water partition coefficient (Wildman–Crippen LogP) is 5.25. The average Bonchev–Trinajstić information content (AvgIpc) is 2.73. The van der Waals surface area contributed by atoms with Crippen LogP contribution in [0.1, 0.15) is 22.7 Å². The third-order valence-corrected chi connectivity index (χ3v) is 5.57. The van der Waals surface area contributed by atoms with Crippen LogP contribution in [0.15, 0.2) is 84.9 Å². The van der Waals surface area contributed by atoms with Crippen molar-refractivity contribution in [2.45, 2.75) is 12.6 Å². The van der Waals surface area contributed by atoms with Gasteiger partial charge >= 0.3 is 0 Å². The van der Waals surface area contributed by atoms with Crippen LogP contribution >= 0.6 is 11.6 Å². The smallest absolute Gasteiger partial charge is 0.0602 e. The molecule has 1 atom stereocenters. The zero-order valence-electron chi connectivity index (χ0n) is 15.5. The van der Waals surface area contributed by atoms with Crippen molar-refractivity contribution in [3.63, 3.8) is 0 Å². The van der Waals surface area contributed by atoms with Crippen LogP contribution in [-0.2, 0) is 6.54 Å². The molecule has 2 nitrogen and oxygen atoms in total. The van der Waals surface area contributed by atoms with Crippen molar-refractivity contribution in [2.75, 3.05) is 26.2 Å². The van der Waals surface area contributed by atoms with Crippen molar-refractivity contribution < 1.29 is 0 Å². The fourth-order valence-electron chi connectivity index (χ4n) is 3.92. The Labute approximate surface area is 167 Å². The number of nitrogens with zero attached hydrogens (tertiary/aromatic N) is 2. The van der Waals surface area contributed by atoms with E-state index in [1.165, 1.54) is 16.7 Å². The van der Waals surface area contributed by atoms with Crippen LogP contribution in [0, 0.1) is 0 Å². The molecule has 1 heterocycles. The van der Waals surface area contributed by atoms with Crippen molar-refractivity contribution in [3.05, 3.63) is 107 Å². The van der Waals surface area contributed by atoms with Gasteiger partial charge in [0, 0.05) is 37.7 Å². The molecule has 0 aromatic heterocycles. The topological polar surface area (TPSA) is 6.48 Å². The van der Waals surface area contributed by atoms with Crippen LogP contribution in [0.5, 0.6) is 0 Å². The Bertz CT molecular complexity index is 825. The lowest BCUT2D eigenvalue weighted by Gasteiger charge is -2.40. The van der Waals surface area contributed by atoms with Gasteiger partial charge in [0.1, 0.15) is 0 Å². The molecule has 0 radical (unpaired) electrons. The third-order valence-electron chi connectivity index (χ3n) is 5.32. The molecule has 3 aromatic carbocycles. The minimum absolute atomic E-state index is 0.280. The second-order valence-electron chi connectivity index (χ2n) is 7.16. The highest BCUT2D eigenvalue weighted by atomic mass is 35.5. The Hall–Kier alpha value is -2.13. The van der Waals surface area contributed by atoms with Gasteiger partial charge in [0.15, 0.2) is 0 Å². The molecule has 0 aliphatic carbocycles. The van der Waals surface area contributed by atoms with Crippen LogP contribution in [0.25, 0.3) is 0 Å². The number of rotatable bonds is 5. The Morgan fingerprint density at radius 1 is 0.667 bits per heavy atom. The van der Waals surface area contributed by atoms with Crippen molar-refractivity contribution in [1.29, 1.82) is 0 Å². The highest BCUT2D eigenvalue weighted by Crippen LogP contribution is 2.30. The Kier molecular flexibility index (Phi) is 5.88. The summed E-state index contributed by atoms with van der Waals surface area (Å²) in [4.78, 5) is 5.15. The van der Waals surface area contributed by atoms with Crippen LogP contribution in [0.2, 0.25) is 5.02 Å². The Morgan fingerprint density at radius 2 is 1.22 bits per heavy atom. The van der Waals surface area contributed by atoms with Gasteiger partial charge in [-0.1, -0.05) is 84.4 Å². The molecule has 0 unspecified atom stereocenters. The molecule has 4 rings (SSSR count).